The zero-order chi connectivity index (χ0) is 18.1. The normalized spacial score (nSPS) is 10.9. The molecule has 0 radical (unpaired) electrons. The molecule has 25 heavy (non-hydrogen) atoms. The predicted octanol–water partition coefficient (Wildman–Crippen LogP) is 2.61. The minimum absolute atomic E-state index is 0.254. The molecule has 0 bridgehead atoms. The molecule has 0 unspecified atom stereocenters. The molecular formula is C19H21FN4O. The highest BCUT2D eigenvalue weighted by Crippen LogP contribution is 2.11. The van der Waals surface area contributed by atoms with E-state index in [4.69, 9.17) is 10.00 Å². The maximum atomic E-state index is 13.8. The second-order valence-corrected chi connectivity index (χ2v) is 5.37. The van der Waals surface area contributed by atoms with Crippen LogP contribution >= 0.6 is 0 Å². The number of rotatable bonds is 6. The topological polar surface area (TPSA) is 69.4 Å². The summed E-state index contributed by atoms with van der Waals surface area (Å²) in [7, 11) is 3.30. The summed E-state index contributed by atoms with van der Waals surface area (Å²) in [6.07, 6.45) is 0.822. The van der Waals surface area contributed by atoms with Gasteiger partial charge in [-0.05, 0) is 42.3 Å². The van der Waals surface area contributed by atoms with Crippen molar-refractivity contribution in [2.75, 3.05) is 20.7 Å². The van der Waals surface area contributed by atoms with Gasteiger partial charge in [-0.3, -0.25) is 4.99 Å². The SMILES string of the molecule is CN=C(NCCc1ccc(OC)cc1)NCc1cc(C#N)ccc1F. The fourth-order valence-corrected chi connectivity index (χ4v) is 2.30. The lowest BCUT2D eigenvalue weighted by atomic mass is 10.1. The van der Waals surface area contributed by atoms with Crippen molar-refractivity contribution in [1.82, 2.24) is 10.6 Å². The minimum Gasteiger partial charge on any atom is -0.497 e. The molecule has 0 atom stereocenters. The predicted molar refractivity (Wildman–Crippen MR) is 96.0 cm³/mol. The van der Waals surface area contributed by atoms with Gasteiger partial charge in [0, 0.05) is 25.7 Å². The highest BCUT2D eigenvalue weighted by molar-refractivity contribution is 5.79. The molecule has 0 fully saturated rings. The van der Waals surface area contributed by atoms with Gasteiger partial charge in [0.05, 0.1) is 18.7 Å². The third-order valence-electron chi connectivity index (χ3n) is 3.71. The number of guanidine groups is 1. The summed E-state index contributed by atoms with van der Waals surface area (Å²) in [6, 6.07) is 14.2. The smallest absolute Gasteiger partial charge is 0.191 e. The number of nitrogens with one attached hydrogen (secondary N) is 2. The van der Waals surface area contributed by atoms with Crippen LogP contribution in [0.15, 0.2) is 47.5 Å². The molecule has 0 saturated carbocycles. The first-order chi connectivity index (χ1) is 12.2. The van der Waals surface area contributed by atoms with Crippen LogP contribution in [0.3, 0.4) is 0 Å². The lowest BCUT2D eigenvalue weighted by molar-refractivity contribution is 0.414. The molecule has 0 aliphatic heterocycles. The van der Waals surface area contributed by atoms with Crippen LogP contribution in [-0.2, 0) is 13.0 Å². The number of halogens is 1. The number of hydrogen-bond donors (Lipinski definition) is 2. The van der Waals surface area contributed by atoms with Crippen LogP contribution < -0.4 is 15.4 Å². The molecule has 2 aromatic rings. The summed E-state index contributed by atoms with van der Waals surface area (Å²) in [5.41, 5.74) is 2.04. The molecule has 0 aliphatic rings. The van der Waals surface area contributed by atoms with Crippen molar-refractivity contribution in [3.8, 4) is 11.8 Å². The molecule has 2 rings (SSSR count). The van der Waals surface area contributed by atoms with Crippen LogP contribution in [0.2, 0.25) is 0 Å². The fourth-order valence-electron chi connectivity index (χ4n) is 2.30. The number of aliphatic imine (C=N–C) groups is 1. The van der Waals surface area contributed by atoms with E-state index in [1.165, 1.54) is 23.8 Å². The monoisotopic (exact) mass is 340 g/mol. The van der Waals surface area contributed by atoms with Crippen molar-refractivity contribution >= 4 is 5.96 Å². The number of methoxy groups -OCH3 is 1. The van der Waals surface area contributed by atoms with Crippen LogP contribution in [-0.4, -0.2) is 26.7 Å². The van der Waals surface area contributed by atoms with Crippen LogP contribution in [0.25, 0.3) is 0 Å². The summed E-state index contributed by atoms with van der Waals surface area (Å²) in [4.78, 5) is 4.12. The summed E-state index contributed by atoms with van der Waals surface area (Å²) in [5, 5.41) is 15.1. The molecule has 0 heterocycles. The van der Waals surface area contributed by atoms with Crippen LogP contribution in [0.1, 0.15) is 16.7 Å². The van der Waals surface area contributed by atoms with Crippen LogP contribution in [0.4, 0.5) is 4.39 Å². The fraction of sp³-hybridized carbons (Fsp3) is 0.263. The van der Waals surface area contributed by atoms with E-state index >= 15 is 0 Å². The Kier molecular flexibility index (Phi) is 6.78. The second-order valence-electron chi connectivity index (χ2n) is 5.37. The van der Waals surface area contributed by atoms with Gasteiger partial charge in [0.25, 0.3) is 0 Å². The Labute approximate surface area is 147 Å². The average molecular weight is 340 g/mol. The highest BCUT2D eigenvalue weighted by atomic mass is 19.1. The molecule has 6 heteroatoms. The van der Waals surface area contributed by atoms with Gasteiger partial charge in [-0.15, -0.1) is 0 Å². The number of benzene rings is 2. The highest BCUT2D eigenvalue weighted by Gasteiger charge is 2.05. The maximum Gasteiger partial charge on any atom is 0.191 e. The Bertz CT molecular complexity index is 766. The Balaban J connectivity index is 1.83. The molecule has 0 amide bonds. The third kappa shape index (κ3) is 5.50. The van der Waals surface area contributed by atoms with E-state index in [1.54, 1.807) is 14.2 Å². The standard InChI is InChI=1S/C19H21FN4O/c1-22-19(23-10-9-14-3-6-17(25-2)7-4-14)24-13-16-11-15(12-21)5-8-18(16)20/h3-8,11H,9-10,13H2,1-2H3,(H2,22,23,24). The van der Waals surface area contributed by atoms with E-state index in [2.05, 4.69) is 15.6 Å². The Morgan fingerprint density at radius 1 is 1.20 bits per heavy atom. The zero-order valence-electron chi connectivity index (χ0n) is 14.3. The van der Waals surface area contributed by atoms with Crippen molar-refractivity contribution in [3.05, 3.63) is 65.0 Å². The number of nitrogens with zero attached hydrogens (tertiary/aromatic N) is 2. The third-order valence-corrected chi connectivity index (χ3v) is 3.71. The Morgan fingerprint density at radius 3 is 2.60 bits per heavy atom. The van der Waals surface area contributed by atoms with E-state index in [0.29, 0.717) is 23.6 Å². The number of ether oxygens (including phenoxy) is 1. The molecule has 5 nitrogen and oxygen atoms in total. The summed E-state index contributed by atoms with van der Waals surface area (Å²) in [6.45, 7) is 0.941. The zero-order valence-corrected chi connectivity index (χ0v) is 14.3. The van der Waals surface area contributed by atoms with Crippen molar-refractivity contribution in [2.45, 2.75) is 13.0 Å². The lowest BCUT2D eigenvalue weighted by Crippen LogP contribution is -2.38. The lowest BCUT2D eigenvalue weighted by Gasteiger charge is -2.12. The van der Waals surface area contributed by atoms with Crippen LogP contribution in [0, 0.1) is 17.1 Å². The van der Waals surface area contributed by atoms with Crippen molar-refractivity contribution in [3.63, 3.8) is 0 Å². The Morgan fingerprint density at radius 2 is 1.96 bits per heavy atom. The molecule has 130 valence electrons. The Hall–Kier alpha value is -3.07. The van der Waals surface area contributed by atoms with Gasteiger partial charge in [0.15, 0.2) is 5.96 Å². The van der Waals surface area contributed by atoms with Crippen molar-refractivity contribution in [1.29, 1.82) is 5.26 Å². The molecular weight excluding hydrogens is 319 g/mol. The summed E-state index contributed by atoms with van der Waals surface area (Å²) < 4.78 is 18.9. The minimum atomic E-state index is -0.347. The van der Waals surface area contributed by atoms with E-state index in [0.717, 1.165) is 12.2 Å². The first-order valence-electron chi connectivity index (χ1n) is 7.92. The van der Waals surface area contributed by atoms with E-state index in [1.807, 2.05) is 30.3 Å². The van der Waals surface area contributed by atoms with Gasteiger partial charge in [-0.25, -0.2) is 4.39 Å². The van der Waals surface area contributed by atoms with Gasteiger partial charge in [0.2, 0.25) is 0 Å². The molecule has 0 aliphatic carbocycles. The van der Waals surface area contributed by atoms with Crippen molar-refractivity contribution in [2.24, 2.45) is 4.99 Å². The number of nitriles is 1. The van der Waals surface area contributed by atoms with Gasteiger partial charge in [0.1, 0.15) is 11.6 Å². The van der Waals surface area contributed by atoms with Crippen molar-refractivity contribution < 1.29 is 9.13 Å². The quantitative estimate of drug-likeness (QED) is 0.626. The van der Waals surface area contributed by atoms with Gasteiger partial charge in [-0.2, -0.15) is 5.26 Å². The molecule has 0 spiro atoms. The molecule has 2 N–H and O–H groups in total. The average Bonchev–Trinajstić information content (AvgIpc) is 2.66. The first kappa shape index (κ1) is 18.3. The van der Waals surface area contributed by atoms with E-state index in [-0.39, 0.29) is 12.4 Å². The second kappa shape index (κ2) is 9.28. The molecule has 0 aromatic heterocycles. The van der Waals surface area contributed by atoms with Crippen LogP contribution in [0.5, 0.6) is 5.75 Å². The van der Waals surface area contributed by atoms with E-state index < -0.39 is 0 Å². The first-order valence-corrected chi connectivity index (χ1v) is 7.92. The largest absolute Gasteiger partial charge is 0.497 e. The van der Waals surface area contributed by atoms with Gasteiger partial charge < -0.3 is 15.4 Å². The summed E-state index contributed by atoms with van der Waals surface area (Å²) >= 11 is 0. The van der Waals surface area contributed by atoms with E-state index in [9.17, 15) is 4.39 Å². The maximum absolute atomic E-state index is 13.8. The number of hydrogen-bond acceptors (Lipinski definition) is 3. The molecule has 2 aromatic carbocycles. The van der Waals surface area contributed by atoms with Gasteiger partial charge in [-0.1, -0.05) is 12.1 Å². The summed E-state index contributed by atoms with van der Waals surface area (Å²) in [5.74, 6) is 1.06. The van der Waals surface area contributed by atoms with Gasteiger partial charge >= 0.3 is 0 Å². The molecule has 0 saturated heterocycles.